The van der Waals surface area contributed by atoms with Gasteiger partial charge in [-0.05, 0) is 29.7 Å². The first-order chi connectivity index (χ1) is 12.0. The molecule has 0 saturated carbocycles. The fourth-order valence-corrected chi connectivity index (χ4v) is 4.41. The summed E-state index contributed by atoms with van der Waals surface area (Å²) in [4.78, 5) is 13.8. The standard InChI is InChI=1S/C19H22N2O3S/c1-20(18-9-3-2-4-10-18)19(22)12-14-25(23,24)21-13-11-16-7-5-6-8-17(16)15-21/h2-10H,11-15H2,1H3. The molecule has 0 aromatic heterocycles. The van der Waals surface area contributed by atoms with Crippen molar-refractivity contribution in [3.05, 3.63) is 65.7 Å². The van der Waals surface area contributed by atoms with Crippen molar-refractivity contribution < 1.29 is 13.2 Å². The van der Waals surface area contributed by atoms with Crippen molar-refractivity contribution in [3.8, 4) is 0 Å². The maximum atomic E-state index is 12.6. The van der Waals surface area contributed by atoms with E-state index in [-0.39, 0.29) is 18.1 Å². The van der Waals surface area contributed by atoms with Crippen LogP contribution in [0.4, 0.5) is 5.69 Å². The van der Waals surface area contributed by atoms with Crippen LogP contribution in [0.25, 0.3) is 0 Å². The summed E-state index contributed by atoms with van der Waals surface area (Å²) in [5.41, 5.74) is 3.01. The lowest BCUT2D eigenvalue weighted by Gasteiger charge is -2.28. The van der Waals surface area contributed by atoms with E-state index in [2.05, 4.69) is 0 Å². The van der Waals surface area contributed by atoms with Crippen LogP contribution in [0.15, 0.2) is 54.6 Å². The Morgan fingerprint density at radius 3 is 2.40 bits per heavy atom. The number of carbonyl (C=O) groups excluding carboxylic acids is 1. The molecule has 0 fully saturated rings. The summed E-state index contributed by atoms with van der Waals surface area (Å²) >= 11 is 0. The van der Waals surface area contributed by atoms with Crippen LogP contribution in [0.2, 0.25) is 0 Å². The summed E-state index contributed by atoms with van der Waals surface area (Å²) in [5, 5.41) is 0. The van der Waals surface area contributed by atoms with Crippen LogP contribution in [0.5, 0.6) is 0 Å². The lowest BCUT2D eigenvalue weighted by molar-refractivity contribution is -0.117. The van der Waals surface area contributed by atoms with Gasteiger partial charge in [-0.25, -0.2) is 8.42 Å². The number of amides is 1. The fourth-order valence-electron chi connectivity index (χ4n) is 3.02. The van der Waals surface area contributed by atoms with E-state index < -0.39 is 10.0 Å². The molecule has 0 aliphatic carbocycles. The van der Waals surface area contributed by atoms with Crippen molar-refractivity contribution in [1.82, 2.24) is 4.31 Å². The van der Waals surface area contributed by atoms with Gasteiger partial charge in [-0.1, -0.05) is 42.5 Å². The third-order valence-electron chi connectivity index (χ3n) is 4.58. The first-order valence-electron chi connectivity index (χ1n) is 8.33. The zero-order chi connectivity index (χ0) is 17.9. The number of carbonyl (C=O) groups is 1. The van der Waals surface area contributed by atoms with Gasteiger partial charge in [-0.3, -0.25) is 4.79 Å². The average Bonchev–Trinajstić information content (AvgIpc) is 2.66. The topological polar surface area (TPSA) is 57.7 Å². The van der Waals surface area contributed by atoms with Gasteiger partial charge in [-0.2, -0.15) is 4.31 Å². The number of nitrogens with zero attached hydrogens (tertiary/aromatic N) is 2. The monoisotopic (exact) mass is 358 g/mol. The lowest BCUT2D eigenvalue weighted by atomic mass is 10.0. The largest absolute Gasteiger partial charge is 0.315 e. The van der Waals surface area contributed by atoms with E-state index in [1.54, 1.807) is 7.05 Å². The van der Waals surface area contributed by atoms with Gasteiger partial charge in [0.25, 0.3) is 0 Å². The smallest absolute Gasteiger partial charge is 0.227 e. The maximum absolute atomic E-state index is 12.6. The predicted molar refractivity (Wildman–Crippen MR) is 98.8 cm³/mol. The Hall–Kier alpha value is -2.18. The summed E-state index contributed by atoms with van der Waals surface area (Å²) in [6.07, 6.45) is 0.694. The van der Waals surface area contributed by atoms with Gasteiger partial charge in [0.15, 0.2) is 0 Å². The summed E-state index contributed by atoms with van der Waals surface area (Å²) in [5.74, 6) is -0.363. The lowest BCUT2D eigenvalue weighted by Crippen LogP contribution is -2.38. The van der Waals surface area contributed by atoms with E-state index in [1.807, 2.05) is 54.6 Å². The van der Waals surface area contributed by atoms with Crippen molar-refractivity contribution >= 4 is 21.6 Å². The molecule has 5 nitrogen and oxygen atoms in total. The number of rotatable bonds is 5. The van der Waals surface area contributed by atoms with Crippen LogP contribution in [-0.4, -0.2) is 38.0 Å². The highest BCUT2D eigenvalue weighted by atomic mass is 32.2. The minimum atomic E-state index is -3.45. The molecule has 0 bridgehead atoms. The molecule has 0 unspecified atom stereocenters. The Morgan fingerprint density at radius 2 is 1.68 bits per heavy atom. The Balaban J connectivity index is 1.62. The molecule has 0 saturated heterocycles. The van der Waals surface area contributed by atoms with E-state index in [0.717, 1.165) is 11.3 Å². The highest BCUT2D eigenvalue weighted by molar-refractivity contribution is 7.89. The van der Waals surface area contributed by atoms with Gasteiger partial charge in [0.05, 0.1) is 5.75 Å². The molecular weight excluding hydrogens is 336 g/mol. The first kappa shape index (κ1) is 17.6. The zero-order valence-electron chi connectivity index (χ0n) is 14.3. The molecule has 1 aliphatic heterocycles. The summed E-state index contributed by atoms with van der Waals surface area (Å²) < 4.78 is 26.7. The second-order valence-corrected chi connectivity index (χ2v) is 8.30. The van der Waals surface area contributed by atoms with Crippen molar-refractivity contribution in [2.24, 2.45) is 0 Å². The number of hydrogen-bond acceptors (Lipinski definition) is 3. The second kappa shape index (κ2) is 7.37. The Labute approximate surface area is 148 Å². The minimum absolute atomic E-state index is 0.0219. The van der Waals surface area contributed by atoms with Crippen molar-refractivity contribution in [1.29, 1.82) is 0 Å². The van der Waals surface area contributed by atoms with Crippen LogP contribution in [0, 0.1) is 0 Å². The molecule has 0 radical (unpaired) electrons. The quantitative estimate of drug-likeness (QED) is 0.825. The Bertz CT molecular complexity index is 850. The molecular formula is C19H22N2O3S. The zero-order valence-corrected chi connectivity index (χ0v) is 15.1. The third kappa shape index (κ3) is 4.08. The van der Waals surface area contributed by atoms with Gasteiger partial charge in [-0.15, -0.1) is 0 Å². The molecule has 1 heterocycles. The first-order valence-corrected chi connectivity index (χ1v) is 9.94. The minimum Gasteiger partial charge on any atom is -0.315 e. The van der Waals surface area contributed by atoms with Gasteiger partial charge < -0.3 is 4.90 Å². The van der Waals surface area contributed by atoms with E-state index in [4.69, 9.17) is 0 Å². The molecule has 3 rings (SSSR count). The van der Waals surface area contributed by atoms with Crippen LogP contribution < -0.4 is 4.90 Å². The summed E-state index contributed by atoms with van der Waals surface area (Å²) in [6.45, 7) is 0.864. The number of anilines is 1. The van der Waals surface area contributed by atoms with Crippen molar-refractivity contribution in [2.45, 2.75) is 19.4 Å². The number of fused-ring (bicyclic) bond motifs is 1. The molecule has 1 aliphatic rings. The highest BCUT2D eigenvalue weighted by Crippen LogP contribution is 2.21. The van der Waals surface area contributed by atoms with Gasteiger partial charge in [0.2, 0.25) is 15.9 Å². The molecule has 1 amide bonds. The fraction of sp³-hybridized carbons (Fsp3) is 0.316. The number of hydrogen-bond donors (Lipinski definition) is 0. The number of benzene rings is 2. The molecule has 0 spiro atoms. The average molecular weight is 358 g/mol. The predicted octanol–water partition coefficient (Wildman–Crippen LogP) is 2.43. The van der Waals surface area contributed by atoms with Crippen LogP contribution in [0.3, 0.4) is 0 Å². The summed E-state index contributed by atoms with van der Waals surface area (Å²) in [7, 11) is -1.78. The van der Waals surface area contributed by atoms with Gasteiger partial charge in [0, 0.05) is 32.2 Å². The molecule has 2 aromatic rings. The van der Waals surface area contributed by atoms with E-state index in [0.29, 0.717) is 19.5 Å². The Kier molecular flexibility index (Phi) is 5.20. The van der Waals surface area contributed by atoms with Gasteiger partial charge >= 0.3 is 0 Å². The van der Waals surface area contributed by atoms with E-state index >= 15 is 0 Å². The van der Waals surface area contributed by atoms with Crippen LogP contribution in [0.1, 0.15) is 17.5 Å². The molecule has 0 N–H and O–H groups in total. The van der Waals surface area contributed by atoms with Gasteiger partial charge in [0.1, 0.15) is 0 Å². The highest BCUT2D eigenvalue weighted by Gasteiger charge is 2.27. The molecule has 0 atom stereocenters. The molecule has 25 heavy (non-hydrogen) atoms. The number of para-hydroxylation sites is 1. The third-order valence-corrected chi connectivity index (χ3v) is 6.40. The molecule has 132 valence electrons. The maximum Gasteiger partial charge on any atom is 0.227 e. The van der Waals surface area contributed by atoms with Crippen LogP contribution in [-0.2, 0) is 27.8 Å². The number of sulfonamides is 1. The molecule has 2 aromatic carbocycles. The van der Waals surface area contributed by atoms with E-state index in [1.165, 1.54) is 14.8 Å². The normalized spacial score (nSPS) is 14.8. The van der Waals surface area contributed by atoms with Crippen LogP contribution >= 0.6 is 0 Å². The Morgan fingerprint density at radius 1 is 1.04 bits per heavy atom. The summed E-state index contributed by atoms with van der Waals surface area (Å²) in [6, 6.07) is 17.1. The SMILES string of the molecule is CN(C(=O)CCS(=O)(=O)N1CCc2ccccc2C1)c1ccccc1. The molecule has 6 heteroatoms. The van der Waals surface area contributed by atoms with E-state index in [9.17, 15) is 13.2 Å². The second-order valence-electron chi connectivity index (χ2n) is 6.21. The van der Waals surface area contributed by atoms with Crippen molar-refractivity contribution in [3.63, 3.8) is 0 Å². The van der Waals surface area contributed by atoms with Crippen molar-refractivity contribution in [2.75, 3.05) is 24.2 Å².